The molecule has 0 aromatic rings. The highest BCUT2D eigenvalue weighted by Crippen LogP contribution is 1.99. The Morgan fingerprint density at radius 1 is 0.692 bits per heavy atom. The van der Waals surface area contributed by atoms with Gasteiger partial charge >= 0.3 is 0 Å². The summed E-state index contributed by atoms with van der Waals surface area (Å²) >= 11 is 0. The number of amides is 1. The van der Waals surface area contributed by atoms with Crippen molar-refractivity contribution in [3.63, 3.8) is 0 Å². The molecule has 0 unspecified atom stereocenters. The second-order valence-electron chi connectivity index (χ2n) is 7.97. The van der Waals surface area contributed by atoms with Crippen LogP contribution in [0.5, 0.6) is 0 Å². The first kappa shape index (κ1) is 25.3. The van der Waals surface area contributed by atoms with Gasteiger partial charge in [-0.05, 0) is 24.2 Å². The number of hydrogen-bond donors (Lipinski definition) is 1. The van der Waals surface area contributed by atoms with Crippen molar-refractivity contribution < 1.29 is 23.7 Å². The van der Waals surface area contributed by atoms with E-state index in [1.807, 2.05) is 0 Å². The summed E-state index contributed by atoms with van der Waals surface area (Å²) in [4.78, 5) is 12.0. The summed E-state index contributed by atoms with van der Waals surface area (Å²) in [6.45, 7) is 16.6. The molecule has 6 heteroatoms. The molecule has 0 aliphatic rings. The summed E-state index contributed by atoms with van der Waals surface area (Å²) in [6.07, 6.45) is 1.04. The fraction of sp³-hybridized carbons (Fsp3) is 0.950. The van der Waals surface area contributed by atoms with Crippen molar-refractivity contribution in [2.24, 2.45) is 17.8 Å². The number of hydrogen-bond acceptors (Lipinski definition) is 5. The van der Waals surface area contributed by atoms with Gasteiger partial charge in [-0.15, -0.1) is 0 Å². The first-order chi connectivity index (χ1) is 12.3. The molecule has 0 aromatic carbocycles. The van der Waals surface area contributed by atoms with E-state index in [9.17, 15) is 4.79 Å². The fourth-order valence-electron chi connectivity index (χ4n) is 2.00. The molecule has 0 bridgehead atoms. The van der Waals surface area contributed by atoms with E-state index in [-0.39, 0.29) is 18.6 Å². The lowest BCUT2D eigenvalue weighted by atomic mass is 10.1. The highest BCUT2D eigenvalue weighted by molar-refractivity contribution is 5.77. The first-order valence-corrected chi connectivity index (χ1v) is 9.91. The van der Waals surface area contributed by atoms with Crippen LogP contribution in [0.1, 0.15) is 48.0 Å². The van der Waals surface area contributed by atoms with Crippen LogP contribution in [-0.2, 0) is 23.7 Å². The molecule has 0 heterocycles. The van der Waals surface area contributed by atoms with Gasteiger partial charge in [-0.25, -0.2) is 0 Å². The van der Waals surface area contributed by atoms with E-state index in [0.717, 1.165) is 13.0 Å². The van der Waals surface area contributed by atoms with Crippen LogP contribution in [0.4, 0.5) is 0 Å². The van der Waals surface area contributed by atoms with E-state index >= 15 is 0 Å². The molecule has 0 fully saturated rings. The molecule has 0 saturated carbocycles. The number of ether oxygens (including phenoxy) is 4. The van der Waals surface area contributed by atoms with E-state index in [2.05, 4.69) is 46.9 Å². The number of nitrogens with one attached hydrogen (secondary N) is 1. The minimum atomic E-state index is -0.161. The van der Waals surface area contributed by atoms with Crippen LogP contribution >= 0.6 is 0 Å². The lowest BCUT2D eigenvalue weighted by Gasteiger charge is -2.20. The van der Waals surface area contributed by atoms with Gasteiger partial charge < -0.3 is 24.3 Å². The molecular weight excluding hydrogens is 334 g/mol. The van der Waals surface area contributed by atoms with E-state index in [1.54, 1.807) is 0 Å². The van der Waals surface area contributed by atoms with Gasteiger partial charge in [0.2, 0.25) is 5.91 Å². The zero-order chi connectivity index (χ0) is 19.8. The third kappa shape index (κ3) is 18.1. The average Bonchev–Trinajstić information content (AvgIpc) is 2.52. The molecule has 0 aliphatic heterocycles. The van der Waals surface area contributed by atoms with Gasteiger partial charge in [-0.1, -0.05) is 41.5 Å². The van der Waals surface area contributed by atoms with Crippen LogP contribution in [0.2, 0.25) is 0 Å². The summed E-state index contributed by atoms with van der Waals surface area (Å²) in [5.74, 6) is 1.40. The standard InChI is InChI=1S/C20H41NO5/c1-16(2)7-8-23-9-10-24-15-20(22)21-19(13-25-11-17(3)4)14-26-12-18(5)6/h16-19H,7-15H2,1-6H3,(H,21,22). The van der Waals surface area contributed by atoms with E-state index in [0.29, 0.717) is 57.4 Å². The minimum Gasteiger partial charge on any atom is -0.379 e. The normalized spacial score (nSPS) is 11.9. The largest absolute Gasteiger partial charge is 0.379 e. The second-order valence-corrected chi connectivity index (χ2v) is 7.97. The second kappa shape index (κ2) is 16.5. The highest BCUT2D eigenvalue weighted by Gasteiger charge is 2.14. The smallest absolute Gasteiger partial charge is 0.246 e. The zero-order valence-electron chi connectivity index (χ0n) is 17.7. The summed E-state index contributed by atoms with van der Waals surface area (Å²) in [5.41, 5.74) is 0. The van der Waals surface area contributed by atoms with Gasteiger partial charge in [0.1, 0.15) is 6.61 Å². The molecule has 0 saturated heterocycles. The number of carbonyl (C=O) groups is 1. The van der Waals surface area contributed by atoms with Crippen LogP contribution in [0, 0.1) is 17.8 Å². The molecule has 0 aliphatic carbocycles. The lowest BCUT2D eigenvalue weighted by Crippen LogP contribution is -2.43. The molecule has 1 N–H and O–H groups in total. The molecule has 26 heavy (non-hydrogen) atoms. The first-order valence-electron chi connectivity index (χ1n) is 9.91. The monoisotopic (exact) mass is 375 g/mol. The number of rotatable bonds is 17. The van der Waals surface area contributed by atoms with Gasteiger partial charge in [0, 0.05) is 19.8 Å². The summed E-state index contributed by atoms with van der Waals surface area (Å²) in [6, 6.07) is -0.161. The van der Waals surface area contributed by atoms with Gasteiger partial charge in [0.05, 0.1) is 32.5 Å². The summed E-state index contributed by atoms with van der Waals surface area (Å²) < 4.78 is 22.1. The minimum absolute atomic E-state index is 0.0262. The van der Waals surface area contributed by atoms with Crippen LogP contribution in [0.15, 0.2) is 0 Å². The van der Waals surface area contributed by atoms with Crippen LogP contribution in [-0.4, -0.2) is 64.8 Å². The van der Waals surface area contributed by atoms with Crippen molar-refractivity contribution in [2.75, 3.05) is 52.9 Å². The van der Waals surface area contributed by atoms with Crippen molar-refractivity contribution in [1.29, 1.82) is 0 Å². The van der Waals surface area contributed by atoms with Crippen LogP contribution in [0.25, 0.3) is 0 Å². The Labute approximate surface area is 160 Å². The van der Waals surface area contributed by atoms with Crippen molar-refractivity contribution in [2.45, 2.75) is 54.0 Å². The van der Waals surface area contributed by atoms with Crippen LogP contribution in [0.3, 0.4) is 0 Å². The summed E-state index contributed by atoms with van der Waals surface area (Å²) in [7, 11) is 0. The third-order valence-corrected chi connectivity index (χ3v) is 3.35. The third-order valence-electron chi connectivity index (χ3n) is 3.35. The van der Waals surface area contributed by atoms with E-state index < -0.39 is 0 Å². The highest BCUT2D eigenvalue weighted by atomic mass is 16.5. The Kier molecular flexibility index (Phi) is 16.0. The van der Waals surface area contributed by atoms with Gasteiger partial charge in [0.25, 0.3) is 0 Å². The maximum absolute atomic E-state index is 12.0. The molecule has 0 spiro atoms. The van der Waals surface area contributed by atoms with E-state index in [4.69, 9.17) is 18.9 Å². The van der Waals surface area contributed by atoms with Crippen molar-refractivity contribution in [1.82, 2.24) is 5.32 Å². The Hall–Kier alpha value is -0.690. The molecule has 156 valence electrons. The van der Waals surface area contributed by atoms with Crippen LogP contribution < -0.4 is 5.32 Å². The summed E-state index contributed by atoms with van der Waals surface area (Å²) in [5, 5.41) is 2.93. The predicted molar refractivity (Wildman–Crippen MR) is 104 cm³/mol. The van der Waals surface area contributed by atoms with E-state index in [1.165, 1.54) is 0 Å². The quantitative estimate of drug-likeness (QED) is 0.396. The van der Waals surface area contributed by atoms with Crippen molar-refractivity contribution in [3.05, 3.63) is 0 Å². The molecule has 1 amide bonds. The predicted octanol–water partition coefficient (Wildman–Crippen LogP) is 2.90. The average molecular weight is 376 g/mol. The molecular formula is C20H41NO5. The Morgan fingerprint density at radius 3 is 1.73 bits per heavy atom. The topological polar surface area (TPSA) is 66.0 Å². The maximum Gasteiger partial charge on any atom is 0.246 e. The van der Waals surface area contributed by atoms with Gasteiger partial charge in [-0.2, -0.15) is 0 Å². The fourth-order valence-corrected chi connectivity index (χ4v) is 2.00. The van der Waals surface area contributed by atoms with Crippen molar-refractivity contribution >= 4 is 5.91 Å². The Morgan fingerprint density at radius 2 is 1.23 bits per heavy atom. The molecule has 0 aromatic heterocycles. The van der Waals surface area contributed by atoms with Crippen molar-refractivity contribution in [3.8, 4) is 0 Å². The molecule has 6 nitrogen and oxygen atoms in total. The lowest BCUT2D eigenvalue weighted by molar-refractivity contribution is -0.128. The molecule has 0 atom stereocenters. The Balaban J connectivity index is 3.94. The zero-order valence-corrected chi connectivity index (χ0v) is 17.7. The molecule has 0 rings (SSSR count). The maximum atomic E-state index is 12.0. The molecule has 0 radical (unpaired) electrons. The van der Waals surface area contributed by atoms with Gasteiger partial charge in [-0.3, -0.25) is 4.79 Å². The number of carbonyl (C=O) groups excluding carboxylic acids is 1. The van der Waals surface area contributed by atoms with Gasteiger partial charge in [0.15, 0.2) is 0 Å². The SMILES string of the molecule is CC(C)CCOCCOCC(=O)NC(COCC(C)C)COCC(C)C. The Bertz CT molecular complexity index is 320.